The van der Waals surface area contributed by atoms with E-state index in [0.29, 0.717) is 0 Å². The summed E-state index contributed by atoms with van der Waals surface area (Å²) in [4.78, 5) is 5.53. The van der Waals surface area contributed by atoms with Gasteiger partial charge in [-0.25, -0.2) is 0 Å². The van der Waals surface area contributed by atoms with Crippen molar-refractivity contribution < 1.29 is 0 Å². The Labute approximate surface area is 666 Å². The van der Waals surface area contributed by atoms with Crippen LogP contribution in [-0.2, 0) is 17.3 Å². The molecule has 0 fully saturated rings. The van der Waals surface area contributed by atoms with Crippen molar-refractivity contribution in [2.45, 2.75) is 85.0 Å². The average Bonchev–Trinajstić information content (AvgIpc) is 0.992. The first kappa shape index (κ1) is 70.4. The molecular formula is C109H90BN3. The lowest BCUT2D eigenvalue weighted by Gasteiger charge is -2.46. The molecule has 4 heteroatoms. The van der Waals surface area contributed by atoms with Gasteiger partial charge in [-0.2, -0.15) is 0 Å². The second-order valence-electron chi connectivity index (χ2n) is 33.0. The highest BCUT2D eigenvalue weighted by Crippen LogP contribution is 2.56. The molecule has 0 bridgehead atoms. The highest BCUT2D eigenvalue weighted by molar-refractivity contribution is 7.00. The van der Waals surface area contributed by atoms with Gasteiger partial charge >= 0.3 is 0 Å². The second-order valence-corrected chi connectivity index (χ2v) is 33.0. The van der Waals surface area contributed by atoms with Gasteiger partial charge in [-0.3, -0.25) is 0 Å². The first-order valence-corrected chi connectivity index (χ1v) is 40.4. The van der Waals surface area contributed by atoms with E-state index in [4.69, 9.17) is 0 Å². The maximum absolute atomic E-state index is 2.78. The topological polar surface area (TPSA) is 11.4 Å². The Morgan fingerprint density at radius 2 is 0.593 bits per heavy atom. The lowest BCUT2D eigenvalue weighted by Crippen LogP contribution is -2.61. The third-order valence-electron chi connectivity index (χ3n) is 23.7. The minimum Gasteiger partial charge on any atom is -0.310 e. The van der Waals surface area contributed by atoms with Gasteiger partial charge in [0.2, 0.25) is 0 Å². The van der Waals surface area contributed by atoms with Crippen LogP contribution in [0.5, 0.6) is 0 Å². The van der Waals surface area contributed by atoms with Gasteiger partial charge in [0, 0.05) is 61.5 Å². The number of hydrogen-bond donors (Lipinski definition) is 0. The van der Waals surface area contributed by atoms with Crippen LogP contribution in [-0.4, -0.2) is 11.3 Å². The van der Waals surface area contributed by atoms with Crippen LogP contribution in [0.1, 0.15) is 84.4 Å². The summed E-state index contributed by atoms with van der Waals surface area (Å²) >= 11 is 0. The predicted molar refractivity (Wildman–Crippen MR) is 484 cm³/mol. The molecular weight excluding hydrogens is 1360 g/mol. The number of benzene rings is 16. The first-order chi connectivity index (χ1) is 55.3. The molecule has 113 heavy (non-hydrogen) atoms. The Bertz CT molecular complexity index is 6130. The van der Waals surface area contributed by atoms with Gasteiger partial charge in [0.25, 0.3) is 6.71 Å². The minimum atomic E-state index is -0.245. The molecule has 0 atom stereocenters. The standard InChI is InChI=1S/C109H90BN3/c1-8-9-15-30-73-65-103-105-104(66-73)113(107-95(85-57-49-81(50-58-85)76-35-20-12-21-36-76)70-89(109(5,6)7)71-96(107)86-59-51-82(52-60-86)77-37-22-13-23-38-77)102-72-90(111-99-43-28-26-41-91(99)92-42-27-29-44-100(92)111)62-63-97(102)110(105)98-67-87(78-39-24-14-25-40-78)61-64-101(98)112(103)106-93(83-53-45-79(46-54-83)74-31-16-10-17-32-74)68-88(108(2,3)4)69-94(106)84-55-47-80(48-56-84)75-33-18-11-19-34-75/h10-14,16-29,31-72H,8-9,15,30H2,1-7H3. The third kappa shape index (κ3) is 13.0. The van der Waals surface area contributed by atoms with E-state index in [1.165, 1.54) is 133 Å². The number of fused-ring (bicyclic) bond motifs is 7. The van der Waals surface area contributed by atoms with Crippen LogP contribution in [0.25, 0.3) is 128 Å². The highest BCUT2D eigenvalue weighted by Gasteiger charge is 2.46. The Hall–Kier alpha value is -13.0. The summed E-state index contributed by atoms with van der Waals surface area (Å²) in [5, 5.41) is 2.46. The Kier molecular flexibility index (Phi) is 18.1. The Morgan fingerprint density at radius 3 is 0.965 bits per heavy atom. The molecule has 3 nitrogen and oxygen atoms in total. The molecule has 544 valence electrons. The van der Waals surface area contributed by atoms with Gasteiger partial charge < -0.3 is 14.4 Å². The zero-order valence-electron chi connectivity index (χ0n) is 65.5. The minimum absolute atomic E-state index is 0.228. The van der Waals surface area contributed by atoms with E-state index in [2.05, 4.69) is 433 Å². The van der Waals surface area contributed by atoms with Crippen molar-refractivity contribution >= 4 is 79.0 Å². The molecule has 16 aromatic carbocycles. The smallest absolute Gasteiger partial charge is 0.252 e. The number of anilines is 6. The maximum Gasteiger partial charge on any atom is 0.252 e. The molecule has 0 aliphatic carbocycles. The van der Waals surface area contributed by atoms with Crippen LogP contribution in [0.4, 0.5) is 34.1 Å². The fourth-order valence-electron chi connectivity index (χ4n) is 17.8. The molecule has 19 rings (SSSR count). The Morgan fingerprint density at radius 1 is 0.265 bits per heavy atom. The van der Waals surface area contributed by atoms with E-state index in [-0.39, 0.29) is 17.5 Å². The summed E-state index contributed by atoms with van der Waals surface area (Å²) in [5.41, 5.74) is 38.6. The fraction of sp³-hybridized carbons (Fsp3) is 0.119. The van der Waals surface area contributed by atoms with E-state index in [0.717, 1.165) is 87.5 Å². The quantitative estimate of drug-likeness (QED) is 0.0706. The molecule has 0 N–H and O–H groups in total. The van der Waals surface area contributed by atoms with Crippen molar-refractivity contribution in [3.05, 3.63) is 387 Å². The molecule has 3 heterocycles. The number of nitrogens with zero attached hydrogens (tertiary/aromatic N) is 3. The predicted octanol–water partition coefficient (Wildman–Crippen LogP) is 28.2. The molecule has 0 amide bonds. The number of unbranched alkanes of at least 4 members (excludes halogenated alkanes) is 2. The Balaban J connectivity index is 0.969. The number of para-hydroxylation sites is 2. The van der Waals surface area contributed by atoms with E-state index in [9.17, 15) is 0 Å². The lowest BCUT2D eigenvalue weighted by molar-refractivity contribution is 0.590. The van der Waals surface area contributed by atoms with Gasteiger partial charge in [-0.15, -0.1) is 0 Å². The van der Waals surface area contributed by atoms with E-state index < -0.39 is 0 Å². The van der Waals surface area contributed by atoms with Crippen LogP contribution < -0.4 is 26.2 Å². The van der Waals surface area contributed by atoms with Crippen LogP contribution in [0.15, 0.2) is 370 Å². The fourth-order valence-corrected chi connectivity index (χ4v) is 17.8. The van der Waals surface area contributed by atoms with Crippen molar-refractivity contribution in [3.8, 4) is 106 Å². The molecule has 0 radical (unpaired) electrons. The molecule has 0 unspecified atom stereocenters. The molecule has 17 aromatic rings. The number of rotatable bonds is 16. The van der Waals surface area contributed by atoms with Crippen LogP contribution >= 0.6 is 0 Å². The number of aryl methyl sites for hydroxylation is 1. The molecule has 2 aliphatic heterocycles. The van der Waals surface area contributed by atoms with E-state index in [1.54, 1.807) is 0 Å². The SMILES string of the molecule is CCCCCc1cc2c3c(c1)N(c1c(-c4ccc(-c5ccccc5)cc4)cc(C(C)(C)C)cc1-c1ccc(-c4ccccc4)cc1)c1cc(-n4c5ccccc5c5ccccc54)ccc1B3c1cc(-c3ccccc3)ccc1N2c1c(-c2ccc(-c3ccccc3)cc2)cc(C(C)(C)C)cc1-c1ccc(-c2ccccc2)cc1. The third-order valence-corrected chi connectivity index (χ3v) is 23.7. The maximum atomic E-state index is 2.78. The van der Waals surface area contributed by atoms with Crippen molar-refractivity contribution in [3.63, 3.8) is 0 Å². The van der Waals surface area contributed by atoms with Gasteiger partial charge in [0.05, 0.1) is 22.4 Å². The van der Waals surface area contributed by atoms with Crippen LogP contribution in [0.2, 0.25) is 0 Å². The monoisotopic (exact) mass is 1450 g/mol. The lowest BCUT2D eigenvalue weighted by atomic mass is 9.33. The first-order valence-electron chi connectivity index (χ1n) is 40.4. The van der Waals surface area contributed by atoms with Gasteiger partial charge in [0.15, 0.2) is 0 Å². The zero-order valence-corrected chi connectivity index (χ0v) is 65.5. The summed E-state index contributed by atoms with van der Waals surface area (Å²) in [6, 6.07) is 141. The molecule has 0 spiro atoms. The molecule has 2 aliphatic rings. The molecule has 1 aromatic heterocycles. The summed E-state index contributed by atoms with van der Waals surface area (Å²) in [5.74, 6) is 0. The summed E-state index contributed by atoms with van der Waals surface area (Å²) in [6.07, 6.45) is 4.15. The molecule has 0 saturated carbocycles. The normalized spacial score (nSPS) is 12.5. The largest absolute Gasteiger partial charge is 0.310 e. The zero-order chi connectivity index (χ0) is 76.5. The summed E-state index contributed by atoms with van der Waals surface area (Å²) in [6.45, 7) is 16.3. The van der Waals surface area contributed by atoms with Crippen LogP contribution in [0.3, 0.4) is 0 Å². The van der Waals surface area contributed by atoms with Crippen molar-refractivity contribution in [1.29, 1.82) is 0 Å². The van der Waals surface area contributed by atoms with Crippen molar-refractivity contribution in [2.24, 2.45) is 0 Å². The molecule has 0 saturated heterocycles. The number of aromatic nitrogens is 1. The van der Waals surface area contributed by atoms with Gasteiger partial charge in [-0.05, 0) is 201 Å². The van der Waals surface area contributed by atoms with Gasteiger partial charge in [-0.1, -0.05) is 365 Å². The van der Waals surface area contributed by atoms with E-state index in [1.807, 2.05) is 0 Å². The van der Waals surface area contributed by atoms with Gasteiger partial charge in [0.1, 0.15) is 0 Å². The summed E-state index contributed by atoms with van der Waals surface area (Å²) < 4.78 is 2.52. The van der Waals surface area contributed by atoms with Crippen molar-refractivity contribution in [2.75, 3.05) is 9.80 Å². The van der Waals surface area contributed by atoms with E-state index >= 15 is 0 Å². The van der Waals surface area contributed by atoms with Crippen molar-refractivity contribution in [1.82, 2.24) is 4.57 Å². The summed E-state index contributed by atoms with van der Waals surface area (Å²) in [7, 11) is 0. The number of hydrogen-bond acceptors (Lipinski definition) is 2. The second kappa shape index (κ2) is 29.0. The average molecular weight is 1450 g/mol. The highest BCUT2D eigenvalue weighted by atomic mass is 15.2. The van der Waals surface area contributed by atoms with Crippen LogP contribution in [0, 0.1) is 0 Å².